The molecule has 112 valence electrons. The first-order valence-corrected chi connectivity index (χ1v) is 6.50. The Morgan fingerprint density at radius 2 is 1.67 bits per heavy atom. The van der Waals surface area contributed by atoms with Crippen LogP contribution in [0.1, 0.15) is 11.6 Å². The van der Waals surface area contributed by atoms with Crippen LogP contribution in [-0.4, -0.2) is 20.8 Å². The molecule has 0 saturated carbocycles. The zero-order valence-electron chi connectivity index (χ0n) is 12.0. The second-order valence-corrected chi connectivity index (χ2v) is 4.48. The summed E-state index contributed by atoms with van der Waals surface area (Å²) in [5.74, 6) is 1.61. The molecule has 0 aromatic heterocycles. The molecule has 21 heavy (non-hydrogen) atoms. The van der Waals surface area contributed by atoms with Gasteiger partial charge in [-0.15, -0.1) is 0 Å². The Labute approximate surface area is 123 Å². The van der Waals surface area contributed by atoms with Crippen molar-refractivity contribution in [1.29, 1.82) is 0 Å². The number of ether oxygens (including phenoxy) is 3. The first kappa shape index (κ1) is 15.1. The lowest BCUT2D eigenvalue weighted by Gasteiger charge is -2.17. The van der Waals surface area contributed by atoms with E-state index < -0.39 is 0 Å². The molecule has 0 saturated heterocycles. The van der Waals surface area contributed by atoms with E-state index in [0.29, 0.717) is 17.2 Å². The molecule has 0 aliphatic rings. The molecule has 0 heterocycles. The molecule has 2 N–H and O–H groups in total. The van der Waals surface area contributed by atoms with Gasteiger partial charge >= 0.3 is 0 Å². The summed E-state index contributed by atoms with van der Waals surface area (Å²) in [5, 5.41) is 0. The number of hydrogen-bond acceptors (Lipinski definition) is 4. The van der Waals surface area contributed by atoms with Gasteiger partial charge in [-0.1, -0.05) is 0 Å². The quantitative estimate of drug-likeness (QED) is 0.889. The molecule has 0 aliphatic carbocycles. The van der Waals surface area contributed by atoms with Gasteiger partial charge in [0, 0.05) is 11.6 Å². The molecule has 5 heteroatoms. The monoisotopic (exact) mass is 291 g/mol. The minimum atomic E-state index is -0.365. The summed E-state index contributed by atoms with van der Waals surface area (Å²) in [4.78, 5) is 0. The van der Waals surface area contributed by atoms with Crippen molar-refractivity contribution in [3.05, 3.63) is 53.8 Å². The van der Waals surface area contributed by atoms with Gasteiger partial charge in [-0.05, 0) is 36.4 Å². The molecular formula is C16H18FNO3. The van der Waals surface area contributed by atoms with Crippen LogP contribution < -0.4 is 19.9 Å². The van der Waals surface area contributed by atoms with Crippen molar-refractivity contribution in [2.45, 2.75) is 6.04 Å². The van der Waals surface area contributed by atoms with E-state index in [1.807, 2.05) is 12.1 Å². The Morgan fingerprint density at radius 1 is 1.00 bits per heavy atom. The van der Waals surface area contributed by atoms with Crippen LogP contribution in [0.4, 0.5) is 4.39 Å². The van der Waals surface area contributed by atoms with Crippen molar-refractivity contribution >= 4 is 0 Å². The van der Waals surface area contributed by atoms with E-state index >= 15 is 0 Å². The standard InChI is InChI=1S/C16H18FNO3/c1-19-13-7-8-14(16(9-13)20-2)15(18)10-21-12-5-3-11(17)4-6-12/h3-9,15H,10,18H2,1-2H3. The lowest BCUT2D eigenvalue weighted by atomic mass is 10.1. The van der Waals surface area contributed by atoms with Crippen LogP contribution in [0.3, 0.4) is 0 Å². The average Bonchev–Trinajstić information content (AvgIpc) is 2.53. The molecule has 2 rings (SSSR count). The second-order valence-electron chi connectivity index (χ2n) is 4.48. The fourth-order valence-corrected chi connectivity index (χ4v) is 1.93. The van der Waals surface area contributed by atoms with E-state index in [1.54, 1.807) is 32.4 Å². The number of benzene rings is 2. The number of nitrogens with two attached hydrogens (primary N) is 1. The van der Waals surface area contributed by atoms with Crippen LogP contribution in [0.25, 0.3) is 0 Å². The topological polar surface area (TPSA) is 53.7 Å². The van der Waals surface area contributed by atoms with Crippen LogP contribution in [0.15, 0.2) is 42.5 Å². The van der Waals surface area contributed by atoms with Crippen molar-refractivity contribution < 1.29 is 18.6 Å². The Morgan fingerprint density at radius 3 is 2.29 bits per heavy atom. The average molecular weight is 291 g/mol. The van der Waals surface area contributed by atoms with Gasteiger partial charge in [0.1, 0.15) is 29.7 Å². The van der Waals surface area contributed by atoms with E-state index in [0.717, 1.165) is 5.56 Å². The summed E-state index contributed by atoms with van der Waals surface area (Å²) >= 11 is 0. The molecule has 0 bridgehead atoms. The third kappa shape index (κ3) is 3.86. The number of rotatable bonds is 6. The van der Waals surface area contributed by atoms with Gasteiger partial charge in [0.2, 0.25) is 0 Å². The minimum absolute atomic E-state index is 0.258. The van der Waals surface area contributed by atoms with Crippen molar-refractivity contribution in [1.82, 2.24) is 0 Å². The van der Waals surface area contributed by atoms with Gasteiger partial charge in [-0.2, -0.15) is 0 Å². The third-order valence-corrected chi connectivity index (χ3v) is 3.08. The second kappa shape index (κ2) is 6.95. The zero-order valence-corrected chi connectivity index (χ0v) is 12.0. The maximum absolute atomic E-state index is 12.8. The molecule has 0 fully saturated rings. The van der Waals surface area contributed by atoms with E-state index in [4.69, 9.17) is 19.9 Å². The Kier molecular flexibility index (Phi) is 5.00. The number of hydrogen-bond donors (Lipinski definition) is 1. The summed E-state index contributed by atoms with van der Waals surface area (Å²) in [5.41, 5.74) is 6.94. The van der Waals surface area contributed by atoms with Gasteiger partial charge < -0.3 is 19.9 Å². The summed E-state index contributed by atoms with van der Waals surface area (Å²) in [7, 11) is 3.16. The minimum Gasteiger partial charge on any atom is -0.497 e. The lowest BCUT2D eigenvalue weighted by molar-refractivity contribution is 0.286. The Balaban J connectivity index is 2.05. The van der Waals surface area contributed by atoms with Crippen molar-refractivity contribution in [2.75, 3.05) is 20.8 Å². The van der Waals surface area contributed by atoms with E-state index in [-0.39, 0.29) is 18.5 Å². The number of halogens is 1. The lowest BCUT2D eigenvalue weighted by Crippen LogP contribution is -2.19. The molecule has 0 radical (unpaired) electrons. The highest BCUT2D eigenvalue weighted by Crippen LogP contribution is 2.28. The summed E-state index contributed by atoms with van der Waals surface area (Å²) in [6.45, 7) is 0.258. The normalized spacial score (nSPS) is 11.8. The first-order chi connectivity index (χ1) is 10.1. The Hall–Kier alpha value is -2.27. The van der Waals surface area contributed by atoms with Crippen LogP contribution in [0.5, 0.6) is 17.2 Å². The molecule has 0 amide bonds. The van der Waals surface area contributed by atoms with Crippen LogP contribution >= 0.6 is 0 Å². The van der Waals surface area contributed by atoms with Gasteiger partial charge in [-0.3, -0.25) is 0 Å². The molecule has 4 nitrogen and oxygen atoms in total. The highest BCUT2D eigenvalue weighted by molar-refractivity contribution is 5.42. The molecule has 0 aliphatic heterocycles. The molecular weight excluding hydrogens is 273 g/mol. The van der Waals surface area contributed by atoms with Crippen LogP contribution in [-0.2, 0) is 0 Å². The van der Waals surface area contributed by atoms with Crippen molar-refractivity contribution in [3.63, 3.8) is 0 Å². The predicted molar refractivity (Wildman–Crippen MR) is 78.4 cm³/mol. The Bertz CT molecular complexity index is 587. The molecule has 1 atom stereocenters. The first-order valence-electron chi connectivity index (χ1n) is 6.50. The van der Waals surface area contributed by atoms with Gasteiger partial charge in [0.15, 0.2) is 0 Å². The maximum atomic E-state index is 12.8. The number of methoxy groups -OCH3 is 2. The van der Waals surface area contributed by atoms with Crippen LogP contribution in [0.2, 0.25) is 0 Å². The largest absolute Gasteiger partial charge is 0.497 e. The van der Waals surface area contributed by atoms with Crippen molar-refractivity contribution in [3.8, 4) is 17.2 Å². The summed E-state index contributed by atoms with van der Waals surface area (Å²) in [6, 6.07) is 10.9. The van der Waals surface area contributed by atoms with E-state index in [9.17, 15) is 4.39 Å². The van der Waals surface area contributed by atoms with Crippen molar-refractivity contribution in [2.24, 2.45) is 5.73 Å². The van der Waals surface area contributed by atoms with Gasteiger partial charge in [0.25, 0.3) is 0 Å². The maximum Gasteiger partial charge on any atom is 0.127 e. The van der Waals surface area contributed by atoms with E-state index in [1.165, 1.54) is 12.1 Å². The highest BCUT2D eigenvalue weighted by atomic mass is 19.1. The smallest absolute Gasteiger partial charge is 0.127 e. The SMILES string of the molecule is COc1ccc(C(N)COc2ccc(F)cc2)c(OC)c1. The fourth-order valence-electron chi connectivity index (χ4n) is 1.93. The molecule has 2 aromatic carbocycles. The predicted octanol–water partition coefficient (Wildman–Crippen LogP) is 2.92. The molecule has 1 unspecified atom stereocenters. The fraction of sp³-hybridized carbons (Fsp3) is 0.250. The summed E-state index contributed by atoms with van der Waals surface area (Å²) < 4.78 is 28.8. The van der Waals surface area contributed by atoms with Gasteiger partial charge in [-0.25, -0.2) is 4.39 Å². The highest BCUT2D eigenvalue weighted by Gasteiger charge is 2.13. The third-order valence-electron chi connectivity index (χ3n) is 3.08. The van der Waals surface area contributed by atoms with Crippen LogP contribution in [0, 0.1) is 5.82 Å². The zero-order chi connectivity index (χ0) is 15.2. The summed E-state index contributed by atoms with van der Waals surface area (Å²) in [6.07, 6.45) is 0. The molecule has 2 aromatic rings. The molecule has 0 spiro atoms. The van der Waals surface area contributed by atoms with E-state index in [2.05, 4.69) is 0 Å². The van der Waals surface area contributed by atoms with Gasteiger partial charge in [0.05, 0.1) is 20.3 Å².